The molecule has 0 saturated carbocycles. The SMILES string of the molecule is COc1ccc(C[C@H](NC(=O)[C@H](C)NC(=O)c2cc3ncccc3n2C)C(=O)OCc2ccccc2)cc1. The highest BCUT2D eigenvalue weighted by molar-refractivity contribution is 6.00. The highest BCUT2D eigenvalue weighted by atomic mass is 16.5. The minimum Gasteiger partial charge on any atom is -0.497 e. The van der Waals surface area contributed by atoms with Crippen LogP contribution in [-0.4, -0.2) is 46.5 Å². The molecule has 0 aliphatic rings. The van der Waals surface area contributed by atoms with Crippen molar-refractivity contribution in [2.75, 3.05) is 7.11 Å². The van der Waals surface area contributed by atoms with Crippen LogP contribution in [0.2, 0.25) is 0 Å². The molecule has 2 heterocycles. The summed E-state index contributed by atoms with van der Waals surface area (Å²) in [6, 6.07) is 20.0. The van der Waals surface area contributed by atoms with Gasteiger partial charge in [0.05, 0.1) is 18.1 Å². The van der Waals surface area contributed by atoms with Crippen molar-refractivity contribution in [3.63, 3.8) is 0 Å². The lowest BCUT2D eigenvalue weighted by Crippen LogP contribution is -2.51. The number of nitrogens with zero attached hydrogens (tertiary/aromatic N) is 2. The highest BCUT2D eigenvalue weighted by Gasteiger charge is 2.27. The Bertz CT molecular complexity index is 1420. The zero-order valence-corrected chi connectivity index (χ0v) is 21.5. The Morgan fingerprint density at radius 1 is 0.947 bits per heavy atom. The molecule has 0 fully saturated rings. The van der Waals surface area contributed by atoms with E-state index < -0.39 is 29.9 Å². The predicted octanol–water partition coefficient (Wildman–Crippen LogP) is 3.17. The monoisotopic (exact) mass is 514 g/mol. The molecule has 2 aromatic carbocycles. The molecule has 4 aromatic rings. The zero-order valence-electron chi connectivity index (χ0n) is 21.5. The molecule has 2 atom stereocenters. The number of hydrogen-bond acceptors (Lipinski definition) is 6. The molecular weight excluding hydrogens is 484 g/mol. The molecular formula is C29H30N4O5. The van der Waals surface area contributed by atoms with Gasteiger partial charge in [-0.25, -0.2) is 4.79 Å². The summed E-state index contributed by atoms with van der Waals surface area (Å²) in [5.74, 6) is -0.825. The van der Waals surface area contributed by atoms with Crippen LogP contribution in [0.1, 0.15) is 28.5 Å². The van der Waals surface area contributed by atoms with E-state index in [4.69, 9.17) is 9.47 Å². The van der Waals surface area contributed by atoms with Crippen LogP contribution in [0.25, 0.3) is 11.0 Å². The number of carbonyl (C=O) groups is 3. The third kappa shape index (κ3) is 6.36. The van der Waals surface area contributed by atoms with E-state index in [1.165, 1.54) is 0 Å². The van der Waals surface area contributed by atoms with E-state index in [-0.39, 0.29) is 13.0 Å². The molecule has 196 valence electrons. The molecule has 9 nitrogen and oxygen atoms in total. The Morgan fingerprint density at radius 3 is 2.37 bits per heavy atom. The first-order valence-electron chi connectivity index (χ1n) is 12.2. The molecule has 0 aliphatic heterocycles. The fourth-order valence-corrected chi connectivity index (χ4v) is 4.03. The fraction of sp³-hybridized carbons (Fsp3) is 0.241. The third-order valence-electron chi connectivity index (χ3n) is 6.21. The van der Waals surface area contributed by atoms with Crippen molar-refractivity contribution >= 4 is 28.8 Å². The van der Waals surface area contributed by atoms with Crippen LogP contribution in [0.3, 0.4) is 0 Å². The van der Waals surface area contributed by atoms with Gasteiger partial charge in [0, 0.05) is 19.7 Å². The van der Waals surface area contributed by atoms with E-state index in [0.717, 1.165) is 16.6 Å². The van der Waals surface area contributed by atoms with Crippen LogP contribution in [-0.2, 0) is 34.4 Å². The maximum absolute atomic E-state index is 13.1. The van der Waals surface area contributed by atoms with Gasteiger partial charge in [0.25, 0.3) is 5.91 Å². The molecule has 2 aromatic heterocycles. The lowest BCUT2D eigenvalue weighted by Gasteiger charge is -2.21. The molecule has 0 saturated heterocycles. The lowest BCUT2D eigenvalue weighted by molar-refractivity contribution is -0.149. The smallest absolute Gasteiger partial charge is 0.329 e. The van der Waals surface area contributed by atoms with Gasteiger partial charge in [0.2, 0.25) is 5.91 Å². The van der Waals surface area contributed by atoms with Crippen molar-refractivity contribution < 1.29 is 23.9 Å². The van der Waals surface area contributed by atoms with Gasteiger partial charge in [0.15, 0.2) is 0 Å². The number of nitrogens with one attached hydrogen (secondary N) is 2. The number of aromatic nitrogens is 2. The fourth-order valence-electron chi connectivity index (χ4n) is 4.03. The number of aryl methyl sites for hydroxylation is 1. The van der Waals surface area contributed by atoms with Crippen molar-refractivity contribution in [2.24, 2.45) is 7.05 Å². The van der Waals surface area contributed by atoms with E-state index in [0.29, 0.717) is 17.0 Å². The normalized spacial score (nSPS) is 12.4. The van der Waals surface area contributed by atoms with Crippen molar-refractivity contribution in [1.29, 1.82) is 0 Å². The van der Waals surface area contributed by atoms with Gasteiger partial charge < -0.3 is 24.7 Å². The number of rotatable bonds is 10. The Kier molecular flexibility index (Phi) is 8.37. The van der Waals surface area contributed by atoms with Crippen molar-refractivity contribution in [3.05, 3.63) is 95.8 Å². The first kappa shape index (κ1) is 26.4. The number of hydrogen-bond donors (Lipinski definition) is 2. The second kappa shape index (κ2) is 12.1. The Balaban J connectivity index is 1.44. The first-order valence-corrected chi connectivity index (χ1v) is 12.2. The molecule has 0 radical (unpaired) electrons. The number of carbonyl (C=O) groups excluding carboxylic acids is 3. The van der Waals surface area contributed by atoms with E-state index in [9.17, 15) is 14.4 Å². The molecule has 0 bridgehead atoms. The summed E-state index contributed by atoms with van der Waals surface area (Å²) >= 11 is 0. The summed E-state index contributed by atoms with van der Waals surface area (Å²) in [5.41, 5.74) is 3.50. The number of methoxy groups -OCH3 is 1. The highest BCUT2D eigenvalue weighted by Crippen LogP contribution is 2.16. The van der Waals surface area contributed by atoms with Gasteiger partial charge in [-0.3, -0.25) is 14.6 Å². The van der Waals surface area contributed by atoms with Crippen LogP contribution < -0.4 is 15.4 Å². The average molecular weight is 515 g/mol. The quantitative estimate of drug-likeness (QED) is 0.315. The molecule has 0 unspecified atom stereocenters. The van der Waals surface area contributed by atoms with E-state index in [1.807, 2.05) is 48.5 Å². The minimum absolute atomic E-state index is 0.0794. The van der Waals surface area contributed by atoms with Crippen LogP contribution in [0.4, 0.5) is 0 Å². The van der Waals surface area contributed by atoms with Crippen molar-refractivity contribution in [3.8, 4) is 5.75 Å². The second-order valence-corrected chi connectivity index (χ2v) is 8.90. The van der Waals surface area contributed by atoms with Gasteiger partial charge in [0.1, 0.15) is 30.1 Å². The minimum atomic E-state index is -0.958. The number of ether oxygens (including phenoxy) is 2. The van der Waals surface area contributed by atoms with Crippen molar-refractivity contribution in [2.45, 2.75) is 32.0 Å². The molecule has 0 spiro atoms. The number of fused-ring (bicyclic) bond motifs is 1. The summed E-state index contributed by atoms with van der Waals surface area (Å²) in [6.45, 7) is 1.64. The molecule has 2 amide bonds. The van der Waals surface area contributed by atoms with Gasteiger partial charge in [-0.15, -0.1) is 0 Å². The van der Waals surface area contributed by atoms with Crippen LogP contribution >= 0.6 is 0 Å². The molecule has 0 aliphatic carbocycles. The van der Waals surface area contributed by atoms with Crippen molar-refractivity contribution in [1.82, 2.24) is 20.2 Å². The van der Waals surface area contributed by atoms with Gasteiger partial charge >= 0.3 is 5.97 Å². The standard InChI is InChI=1S/C29H30N4O5/c1-19(31-28(35)26-17-23-25(33(26)2)10-7-15-30-23)27(34)32-24(16-20-11-13-22(37-3)14-12-20)29(36)38-18-21-8-5-4-6-9-21/h4-15,17,19,24H,16,18H2,1-3H3,(H,31,35)(H,32,34)/t19-,24-/m0/s1. The van der Waals surface area contributed by atoms with E-state index in [1.54, 1.807) is 56.1 Å². The largest absolute Gasteiger partial charge is 0.497 e. The van der Waals surface area contributed by atoms with Crippen LogP contribution in [0, 0.1) is 0 Å². The summed E-state index contributed by atoms with van der Waals surface area (Å²) in [7, 11) is 3.33. The molecule has 9 heteroatoms. The second-order valence-electron chi connectivity index (χ2n) is 8.90. The Hall–Kier alpha value is -4.66. The maximum Gasteiger partial charge on any atom is 0.329 e. The summed E-state index contributed by atoms with van der Waals surface area (Å²) in [4.78, 5) is 43.3. The number of pyridine rings is 1. The predicted molar refractivity (Wildman–Crippen MR) is 143 cm³/mol. The van der Waals surface area contributed by atoms with E-state index >= 15 is 0 Å². The first-order chi connectivity index (χ1) is 18.4. The Morgan fingerprint density at radius 2 is 1.68 bits per heavy atom. The topological polar surface area (TPSA) is 112 Å². The molecule has 2 N–H and O–H groups in total. The van der Waals surface area contributed by atoms with Gasteiger partial charge in [-0.1, -0.05) is 42.5 Å². The summed E-state index contributed by atoms with van der Waals surface area (Å²) < 4.78 is 12.4. The maximum atomic E-state index is 13.1. The van der Waals surface area contributed by atoms with Gasteiger partial charge in [-0.05, 0) is 48.4 Å². The molecule has 38 heavy (non-hydrogen) atoms. The van der Waals surface area contributed by atoms with Gasteiger partial charge in [-0.2, -0.15) is 0 Å². The number of esters is 1. The lowest BCUT2D eigenvalue weighted by atomic mass is 10.1. The number of amides is 2. The number of benzene rings is 2. The molecule has 4 rings (SSSR count). The summed E-state index contributed by atoms with van der Waals surface area (Å²) in [6.07, 6.45) is 1.86. The zero-order chi connectivity index (χ0) is 27.1. The summed E-state index contributed by atoms with van der Waals surface area (Å²) in [5, 5.41) is 5.46. The Labute approximate surface area is 220 Å². The third-order valence-corrected chi connectivity index (χ3v) is 6.21. The van der Waals surface area contributed by atoms with E-state index in [2.05, 4.69) is 15.6 Å². The average Bonchev–Trinajstić information content (AvgIpc) is 3.28. The van der Waals surface area contributed by atoms with Crippen LogP contribution in [0.5, 0.6) is 5.75 Å². The van der Waals surface area contributed by atoms with Crippen LogP contribution in [0.15, 0.2) is 79.0 Å².